The minimum Gasteiger partial charge on any atom is -0.303 e. The Morgan fingerprint density at radius 3 is 2.61 bits per heavy atom. The summed E-state index contributed by atoms with van der Waals surface area (Å²) >= 11 is 0. The number of nitrogens with zero attached hydrogens (tertiary/aromatic N) is 3. The highest BCUT2D eigenvalue weighted by Gasteiger charge is 2.19. The van der Waals surface area contributed by atoms with Crippen LogP contribution < -0.4 is 4.57 Å². The van der Waals surface area contributed by atoms with Gasteiger partial charge in [-0.3, -0.25) is 0 Å². The molecule has 31 heavy (non-hydrogen) atoms. The zero-order valence-electron chi connectivity index (χ0n) is 18.7. The van der Waals surface area contributed by atoms with E-state index in [1.807, 2.05) is 0 Å². The topological polar surface area (TPSA) is 21.2 Å². The molecule has 0 atom stereocenters. The summed E-state index contributed by atoms with van der Waals surface area (Å²) in [5, 5.41) is 0. The zero-order valence-corrected chi connectivity index (χ0v) is 18.7. The molecular weight excluding hydrogens is 378 g/mol. The second kappa shape index (κ2) is 8.66. The zero-order chi connectivity index (χ0) is 21.2. The first-order chi connectivity index (χ1) is 15.2. The molecule has 3 nitrogen and oxygen atoms in total. The summed E-state index contributed by atoms with van der Waals surface area (Å²) in [4.78, 5) is 4.71. The molecule has 3 heterocycles. The minimum atomic E-state index is 0.795. The van der Waals surface area contributed by atoms with Gasteiger partial charge in [0.2, 0.25) is 5.69 Å². The number of aromatic nitrogens is 3. The van der Waals surface area contributed by atoms with E-state index in [9.17, 15) is 0 Å². The molecule has 5 rings (SSSR count). The van der Waals surface area contributed by atoms with Gasteiger partial charge in [-0.15, -0.1) is 0 Å². The number of hydrogen-bond donors (Lipinski definition) is 0. The van der Waals surface area contributed by atoms with Gasteiger partial charge in [0.05, 0.1) is 5.56 Å². The van der Waals surface area contributed by atoms with Crippen LogP contribution in [0.3, 0.4) is 0 Å². The molecule has 0 unspecified atom stereocenters. The van der Waals surface area contributed by atoms with E-state index in [4.69, 9.17) is 4.98 Å². The Kier molecular flexibility index (Phi) is 5.59. The van der Waals surface area contributed by atoms with E-state index >= 15 is 0 Å². The number of pyridine rings is 2. The summed E-state index contributed by atoms with van der Waals surface area (Å²) < 4.78 is 4.56. The maximum Gasteiger partial charge on any atom is 0.220 e. The largest absolute Gasteiger partial charge is 0.303 e. The molecule has 4 aromatic rings. The fraction of sp³-hybridized carbons (Fsp3) is 0.357. The van der Waals surface area contributed by atoms with E-state index < -0.39 is 0 Å². The fourth-order valence-corrected chi connectivity index (χ4v) is 5.20. The minimum absolute atomic E-state index is 0.795. The first kappa shape index (κ1) is 20.0. The van der Waals surface area contributed by atoms with Crippen LogP contribution in [0.4, 0.5) is 0 Å². The second-order valence-electron chi connectivity index (χ2n) is 9.21. The molecule has 0 spiro atoms. The third kappa shape index (κ3) is 4.14. The first-order valence-corrected chi connectivity index (χ1v) is 11.7. The van der Waals surface area contributed by atoms with E-state index in [0.29, 0.717) is 0 Å². The van der Waals surface area contributed by atoms with Crippen molar-refractivity contribution < 1.29 is 4.57 Å². The lowest BCUT2D eigenvalue weighted by molar-refractivity contribution is -0.660. The van der Waals surface area contributed by atoms with Gasteiger partial charge in [-0.05, 0) is 49.6 Å². The first-order valence-electron chi connectivity index (χ1n) is 11.7. The van der Waals surface area contributed by atoms with E-state index in [2.05, 4.69) is 90.1 Å². The van der Waals surface area contributed by atoms with Crippen molar-refractivity contribution in [3.8, 4) is 22.4 Å². The van der Waals surface area contributed by atoms with Gasteiger partial charge in [0.1, 0.15) is 12.7 Å². The van der Waals surface area contributed by atoms with Crippen molar-refractivity contribution in [1.82, 2.24) is 9.38 Å². The van der Waals surface area contributed by atoms with Crippen molar-refractivity contribution >= 4 is 5.65 Å². The molecule has 0 radical (unpaired) electrons. The maximum atomic E-state index is 4.71. The van der Waals surface area contributed by atoms with Crippen LogP contribution in [0.15, 0.2) is 67.1 Å². The van der Waals surface area contributed by atoms with Gasteiger partial charge in [-0.1, -0.05) is 56.2 Å². The molecule has 0 bridgehead atoms. The third-order valence-corrected chi connectivity index (χ3v) is 6.84. The van der Waals surface area contributed by atoms with Gasteiger partial charge in [0.15, 0.2) is 6.20 Å². The number of hydrogen-bond acceptors (Lipinski definition) is 1. The number of imidazole rings is 1. The Labute approximate surface area is 185 Å². The van der Waals surface area contributed by atoms with Crippen LogP contribution >= 0.6 is 0 Å². The lowest BCUT2D eigenvalue weighted by Gasteiger charge is -2.14. The third-order valence-electron chi connectivity index (χ3n) is 6.84. The van der Waals surface area contributed by atoms with Crippen LogP contribution in [0.1, 0.15) is 49.8 Å². The molecule has 3 heteroatoms. The molecule has 3 aromatic heterocycles. The molecule has 1 aliphatic rings. The number of fused-ring (bicyclic) bond motifs is 1. The summed E-state index contributed by atoms with van der Waals surface area (Å²) in [7, 11) is 2.13. The van der Waals surface area contributed by atoms with Crippen molar-refractivity contribution in [2.45, 2.75) is 51.9 Å². The molecule has 1 aromatic carbocycles. The van der Waals surface area contributed by atoms with Crippen LogP contribution in [-0.4, -0.2) is 9.38 Å². The van der Waals surface area contributed by atoms with E-state index in [-0.39, 0.29) is 0 Å². The van der Waals surface area contributed by atoms with E-state index in [1.165, 1.54) is 72.2 Å². The summed E-state index contributed by atoms with van der Waals surface area (Å²) in [5.74, 6) is 0.795. The molecule has 0 saturated heterocycles. The average Bonchev–Trinajstić information content (AvgIpc) is 2.98. The van der Waals surface area contributed by atoms with Crippen LogP contribution in [0, 0.1) is 12.8 Å². The van der Waals surface area contributed by atoms with Gasteiger partial charge in [-0.25, -0.2) is 9.55 Å². The van der Waals surface area contributed by atoms with Crippen LogP contribution in [-0.2, 0) is 13.5 Å². The Bertz CT molecular complexity index is 1200. The van der Waals surface area contributed by atoms with E-state index in [0.717, 1.165) is 18.0 Å². The molecule has 0 N–H and O–H groups in total. The predicted octanol–water partition coefficient (Wildman–Crippen LogP) is 6.31. The summed E-state index contributed by atoms with van der Waals surface area (Å²) in [6.07, 6.45) is 15.9. The van der Waals surface area contributed by atoms with Gasteiger partial charge >= 0.3 is 0 Å². The predicted molar refractivity (Wildman–Crippen MR) is 127 cm³/mol. The summed E-state index contributed by atoms with van der Waals surface area (Å²) in [6, 6.07) is 17.5. The van der Waals surface area contributed by atoms with Gasteiger partial charge in [-0.2, -0.15) is 0 Å². The SMILES string of the molecule is Cc1cccc(-c2c(-c3ccc4ncc(CC5CCCCCC5)n4c3)ccc[n+]2C)c1. The highest BCUT2D eigenvalue weighted by molar-refractivity contribution is 5.79. The highest BCUT2D eigenvalue weighted by Crippen LogP contribution is 2.31. The molecule has 1 aliphatic carbocycles. The van der Waals surface area contributed by atoms with Crippen molar-refractivity contribution in [2.75, 3.05) is 0 Å². The van der Waals surface area contributed by atoms with Crippen molar-refractivity contribution in [3.05, 3.63) is 78.4 Å². The van der Waals surface area contributed by atoms with Crippen molar-refractivity contribution in [3.63, 3.8) is 0 Å². The monoisotopic (exact) mass is 410 g/mol. The Hall–Kier alpha value is -2.94. The Balaban J connectivity index is 1.56. The fourth-order valence-electron chi connectivity index (χ4n) is 5.20. The van der Waals surface area contributed by atoms with Gasteiger partial charge < -0.3 is 4.40 Å². The molecular formula is C28H32N3+. The standard InChI is InChI=1S/C28H32N3/c1-21-9-7-12-23(17-21)28-26(13-8-16-30(28)2)24-14-15-27-29-19-25(31(27)20-24)18-22-10-5-3-4-6-11-22/h7-9,12-17,19-20,22H,3-6,10-11,18H2,1-2H3/q+1. The molecule has 1 fully saturated rings. The number of aryl methyl sites for hydroxylation is 2. The summed E-state index contributed by atoms with van der Waals surface area (Å²) in [6.45, 7) is 2.16. The van der Waals surface area contributed by atoms with E-state index in [1.54, 1.807) is 0 Å². The van der Waals surface area contributed by atoms with Crippen molar-refractivity contribution in [2.24, 2.45) is 13.0 Å². The molecule has 0 aliphatic heterocycles. The average molecular weight is 411 g/mol. The lowest BCUT2D eigenvalue weighted by atomic mass is 9.95. The summed E-state index contributed by atoms with van der Waals surface area (Å²) in [5.41, 5.74) is 8.67. The Morgan fingerprint density at radius 1 is 0.968 bits per heavy atom. The Morgan fingerprint density at radius 2 is 1.81 bits per heavy atom. The van der Waals surface area contributed by atoms with Gasteiger partial charge in [0.25, 0.3) is 0 Å². The van der Waals surface area contributed by atoms with Gasteiger partial charge in [0, 0.05) is 35.3 Å². The lowest BCUT2D eigenvalue weighted by Crippen LogP contribution is -2.31. The maximum absolute atomic E-state index is 4.71. The van der Waals surface area contributed by atoms with Crippen LogP contribution in [0.2, 0.25) is 0 Å². The number of rotatable bonds is 4. The molecule has 1 saturated carbocycles. The molecule has 0 amide bonds. The van der Waals surface area contributed by atoms with Crippen LogP contribution in [0.5, 0.6) is 0 Å². The normalized spacial score (nSPS) is 15.3. The second-order valence-corrected chi connectivity index (χ2v) is 9.21. The highest BCUT2D eigenvalue weighted by atomic mass is 15.0. The smallest absolute Gasteiger partial charge is 0.220 e. The molecule has 158 valence electrons. The quantitative estimate of drug-likeness (QED) is 0.285. The van der Waals surface area contributed by atoms with Crippen LogP contribution in [0.25, 0.3) is 28.0 Å². The van der Waals surface area contributed by atoms with Crippen molar-refractivity contribution in [1.29, 1.82) is 0 Å². The number of benzene rings is 1.